The van der Waals surface area contributed by atoms with Gasteiger partial charge in [-0.1, -0.05) is 0 Å². The zero-order valence-electron chi connectivity index (χ0n) is 9.03. The molecule has 15 heavy (non-hydrogen) atoms. The van der Waals surface area contributed by atoms with Gasteiger partial charge in [-0.3, -0.25) is 0 Å². The van der Waals surface area contributed by atoms with Gasteiger partial charge in [0.2, 0.25) is 0 Å². The number of fused-ring (bicyclic) bond motifs is 1. The molecule has 0 saturated heterocycles. The van der Waals surface area contributed by atoms with Gasteiger partial charge in [0.05, 0.1) is 0 Å². The van der Waals surface area contributed by atoms with Crippen LogP contribution in [-0.2, 0) is 0 Å². The first-order valence-corrected chi connectivity index (χ1v) is 7.47. The van der Waals surface area contributed by atoms with E-state index in [0.29, 0.717) is 9.50 Å². The molecule has 0 radical (unpaired) electrons. The molecule has 2 heteroatoms. The molecule has 1 aromatic rings. The quantitative estimate of drug-likeness (QED) is 0.605. The van der Waals surface area contributed by atoms with E-state index in [0.717, 1.165) is 5.56 Å². The number of unbranched alkanes of at least 4 members (excludes halogenated alkanes) is 2. The summed E-state index contributed by atoms with van der Waals surface area (Å²) in [6.45, 7) is 2.22. The molecule has 2 rings (SSSR count). The van der Waals surface area contributed by atoms with Crippen LogP contribution < -0.4 is 0 Å². The first-order valence-electron chi connectivity index (χ1n) is 5.63. The van der Waals surface area contributed by atoms with E-state index in [4.69, 9.17) is 0 Å². The van der Waals surface area contributed by atoms with Crippen molar-refractivity contribution in [3.05, 3.63) is 35.4 Å². The Kier molecular flexibility index (Phi) is 3.61. The van der Waals surface area contributed by atoms with Crippen LogP contribution in [0.15, 0.2) is 24.3 Å². The number of benzene rings is 1. The standard InChI is InChI=1S/C13H16OSe/c1-2-3-4-9-12-10-7-5-6-8-11(10)13(14)15-12/h5-8,12H,2-4,9H2,1H3. The van der Waals surface area contributed by atoms with Crippen molar-refractivity contribution < 1.29 is 4.79 Å². The number of hydrogen-bond donors (Lipinski definition) is 0. The predicted molar refractivity (Wildman–Crippen MR) is 63.4 cm³/mol. The normalized spacial score (nSPS) is 19.3. The van der Waals surface area contributed by atoms with E-state index in [2.05, 4.69) is 19.1 Å². The molecule has 80 valence electrons. The molecule has 1 aliphatic rings. The van der Waals surface area contributed by atoms with E-state index in [1.165, 1.54) is 31.2 Å². The van der Waals surface area contributed by atoms with Gasteiger partial charge in [0.25, 0.3) is 0 Å². The van der Waals surface area contributed by atoms with Crippen LogP contribution in [0.25, 0.3) is 0 Å². The van der Waals surface area contributed by atoms with Gasteiger partial charge in [0.1, 0.15) is 0 Å². The molecule has 1 unspecified atom stereocenters. The Morgan fingerprint density at radius 1 is 1.27 bits per heavy atom. The Bertz CT molecular complexity index is 359. The average molecular weight is 267 g/mol. The summed E-state index contributed by atoms with van der Waals surface area (Å²) in [4.78, 5) is 12.3. The third-order valence-corrected chi connectivity index (χ3v) is 5.38. The number of carbonyl (C=O) groups excluding carboxylic acids is 1. The van der Waals surface area contributed by atoms with Crippen LogP contribution >= 0.6 is 0 Å². The van der Waals surface area contributed by atoms with Crippen LogP contribution in [0.5, 0.6) is 0 Å². The van der Waals surface area contributed by atoms with Gasteiger partial charge < -0.3 is 0 Å². The predicted octanol–water partition coefficient (Wildman–Crippen LogP) is 3.17. The monoisotopic (exact) mass is 268 g/mol. The molecule has 1 aromatic carbocycles. The van der Waals surface area contributed by atoms with Crippen molar-refractivity contribution in [2.24, 2.45) is 0 Å². The average Bonchev–Trinajstić information content (AvgIpc) is 2.58. The number of carbonyl (C=O) groups is 1. The zero-order chi connectivity index (χ0) is 10.7. The Morgan fingerprint density at radius 2 is 2.07 bits per heavy atom. The summed E-state index contributed by atoms with van der Waals surface area (Å²) >= 11 is 0.164. The van der Waals surface area contributed by atoms with E-state index in [-0.39, 0.29) is 15.0 Å². The minimum absolute atomic E-state index is 0.164. The van der Waals surface area contributed by atoms with Crippen LogP contribution in [0.1, 0.15) is 53.3 Å². The SMILES string of the molecule is CCCCCC1[Se]C(=O)c2ccccc21. The molecule has 0 aromatic heterocycles. The van der Waals surface area contributed by atoms with Crippen LogP contribution in [0, 0.1) is 0 Å². The molecule has 0 spiro atoms. The molecule has 0 amide bonds. The summed E-state index contributed by atoms with van der Waals surface area (Å²) in [7, 11) is 0. The molecule has 1 nitrogen and oxygen atoms in total. The van der Waals surface area contributed by atoms with Gasteiger partial charge in [-0.05, 0) is 0 Å². The molecule has 0 saturated carbocycles. The second-order valence-corrected chi connectivity index (χ2v) is 6.44. The van der Waals surface area contributed by atoms with E-state index >= 15 is 0 Å². The molecule has 0 fully saturated rings. The van der Waals surface area contributed by atoms with Crippen molar-refractivity contribution in [1.82, 2.24) is 0 Å². The van der Waals surface area contributed by atoms with Gasteiger partial charge in [-0.25, -0.2) is 0 Å². The molecule has 0 aliphatic carbocycles. The molecule has 1 atom stereocenters. The number of hydrogen-bond acceptors (Lipinski definition) is 1. The van der Waals surface area contributed by atoms with E-state index in [1.807, 2.05) is 12.1 Å². The molecule has 1 heterocycles. The van der Waals surface area contributed by atoms with E-state index in [9.17, 15) is 4.79 Å². The second kappa shape index (κ2) is 4.96. The summed E-state index contributed by atoms with van der Waals surface area (Å²) in [6.07, 6.45) is 5.03. The fraction of sp³-hybridized carbons (Fsp3) is 0.462. The molecule has 1 aliphatic heterocycles. The van der Waals surface area contributed by atoms with Crippen molar-refractivity contribution in [1.29, 1.82) is 0 Å². The molecule has 0 N–H and O–H groups in total. The van der Waals surface area contributed by atoms with Gasteiger partial charge in [-0.2, -0.15) is 0 Å². The topological polar surface area (TPSA) is 17.1 Å². The van der Waals surface area contributed by atoms with Crippen molar-refractivity contribution in [3.63, 3.8) is 0 Å². The Morgan fingerprint density at radius 3 is 2.87 bits per heavy atom. The van der Waals surface area contributed by atoms with Crippen molar-refractivity contribution in [2.45, 2.75) is 37.4 Å². The third-order valence-electron chi connectivity index (χ3n) is 2.85. The fourth-order valence-corrected chi connectivity index (χ4v) is 4.51. The minimum atomic E-state index is 0.164. The maximum absolute atomic E-state index is 11.7. The molecular formula is C13H16OSe. The van der Waals surface area contributed by atoms with Gasteiger partial charge in [0, 0.05) is 0 Å². The summed E-state index contributed by atoms with van der Waals surface area (Å²) in [6, 6.07) is 8.15. The summed E-state index contributed by atoms with van der Waals surface area (Å²) in [5.41, 5.74) is 2.32. The van der Waals surface area contributed by atoms with E-state index < -0.39 is 0 Å². The van der Waals surface area contributed by atoms with Crippen molar-refractivity contribution in [2.75, 3.05) is 0 Å². The van der Waals surface area contributed by atoms with Gasteiger partial charge in [-0.15, -0.1) is 0 Å². The second-order valence-electron chi connectivity index (χ2n) is 3.98. The van der Waals surface area contributed by atoms with Crippen LogP contribution in [0.3, 0.4) is 0 Å². The molecular weight excluding hydrogens is 251 g/mol. The third kappa shape index (κ3) is 2.32. The summed E-state index contributed by atoms with van der Waals surface area (Å²) in [5, 5.41) is 0. The Labute approximate surface area is 97.4 Å². The van der Waals surface area contributed by atoms with Gasteiger partial charge >= 0.3 is 97.2 Å². The van der Waals surface area contributed by atoms with E-state index in [1.54, 1.807) is 0 Å². The summed E-state index contributed by atoms with van der Waals surface area (Å²) in [5.74, 6) is 0. The first-order chi connectivity index (χ1) is 7.33. The van der Waals surface area contributed by atoms with Crippen molar-refractivity contribution >= 4 is 19.6 Å². The van der Waals surface area contributed by atoms with Crippen molar-refractivity contribution in [3.8, 4) is 0 Å². The molecule has 0 bridgehead atoms. The maximum atomic E-state index is 11.7. The van der Waals surface area contributed by atoms with Crippen LogP contribution in [-0.4, -0.2) is 19.6 Å². The zero-order valence-corrected chi connectivity index (χ0v) is 10.7. The summed E-state index contributed by atoms with van der Waals surface area (Å²) < 4.78 is 0.402. The van der Waals surface area contributed by atoms with Crippen LogP contribution in [0.4, 0.5) is 0 Å². The number of rotatable bonds is 4. The Hall–Kier alpha value is -0.591. The fourth-order valence-electron chi connectivity index (χ4n) is 2.01. The Balaban J connectivity index is 2.08. The van der Waals surface area contributed by atoms with Crippen LogP contribution in [0.2, 0.25) is 0 Å². The van der Waals surface area contributed by atoms with Gasteiger partial charge in [0.15, 0.2) is 0 Å². The first kappa shape index (κ1) is 10.9.